The minimum absolute atomic E-state index is 0.256. The van der Waals surface area contributed by atoms with Gasteiger partial charge in [-0.25, -0.2) is 4.98 Å². The fraction of sp³-hybridized carbons (Fsp3) is 0.222. The average molecular weight is 457 g/mol. The highest BCUT2D eigenvalue weighted by atomic mass is 16.5. The monoisotopic (exact) mass is 456 g/mol. The predicted molar refractivity (Wildman–Crippen MR) is 129 cm³/mol. The highest BCUT2D eigenvalue weighted by Crippen LogP contribution is 2.18. The standard InChI is InChI=1S/C27H28N4O3/c1-33-24-12-7-10-22(16-24)18-31(17-21-8-3-2-4-9-21)19-26-30-25(20-34-26)27(32)29-15-13-23-11-5-6-14-28-23/h2-12,14,16,20H,13,15,17-19H2,1H3,(H,29,32). The number of oxazole rings is 1. The van der Waals surface area contributed by atoms with Crippen LogP contribution in [0.2, 0.25) is 0 Å². The van der Waals surface area contributed by atoms with E-state index in [0.29, 0.717) is 38.5 Å². The van der Waals surface area contributed by atoms with Gasteiger partial charge in [0.2, 0.25) is 5.89 Å². The Labute approximate surface area is 199 Å². The number of carbonyl (C=O) groups is 1. The Morgan fingerprint density at radius 1 is 0.971 bits per heavy atom. The molecule has 0 bridgehead atoms. The van der Waals surface area contributed by atoms with Crippen molar-refractivity contribution in [3.05, 3.63) is 114 Å². The fourth-order valence-electron chi connectivity index (χ4n) is 3.66. The van der Waals surface area contributed by atoms with Crippen LogP contribution >= 0.6 is 0 Å². The van der Waals surface area contributed by atoms with Gasteiger partial charge in [-0.05, 0) is 35.4 Å². The van der Waals surface area contributed by atoms with Gasteiger partial charge in [-0.3, -0.25) is 14.7 Å². The zero-order valence-corrected chi connectivity index (χ0v) is 19.2. The Kier molecular flexibility index (Phi) is 8.03. The number of amides is 1. The topological polar surface area (TPSA) is 80.5 Å². The minimum Gasteiger partial charge on any atom is -0.497 e. The Bertz CT molecular complexity index is 1180. The molecule has 7 nitrogen and oxygen atoms in total. The second kappa shape index (κ2) is 11.8. The van der Waals surface area contributed by atoms with E-state index in [4.69, 9.17) is 9.15 Å². The third-order valence-electron chi connectivity index (χ3n) is 5.33. The molecule has 2 aromatic carbocycles. The average Bonchev–Trinajstić information content (AvgIpc) is 3.34. The second-order valence-corrected chi connectivity index (χ2v) is 7.94. The molecule has 0 radical (unpaired) electrons. The van der Waals surface area contributed by atoms with Crippen LogP contribution in [-0.2, 0) is 26.1 Å². The van der Waals surface area contributed by atoms with E-state index in [-0.39, 0.29) is 11.6 Å². The number of hydrogen-bond donors (Lipinski definition) is 1. The molecule has 0 spiro atoms. The summed E-state index contributed by atoms with van der Waals surface area (Å²) in [5.41, 5.74) is 3.51. The lowest BCUT2D eigenvalue weighted by Gasteiger charge is -2.21. The Morgan fingerprint density at radius 2 is 1.76 bits per heavy atom. The summed E-state index contributed by atoms with van der Waals surface area (Å²) in [6, 6.07) is 24.0. The van der Waals surface area contributed by atoms with Crippen LogP contribution in [0, 0.1) is 0 Å². The van der Waals surface area contributed by atoms with Crippen molar-refractivity contribution in [1.82, 2.24) is 20.2 Å². The van der Waals surface area contributed by atoms with E-state index in [1.807, 2.05) is 54.6 Å². The summed E-state index contributed by atoms with van der Waals surface area (Å²) in [5, 5.41) is 2.88. The van der Waals surface area contributed by atoms with Crippen LogP contribution in [0.3, 0.4) is 0 Å². The van der Waals surface area contributed by atoms with Gasteiger partial charge in [0.25, 0.3) is 5.91 Å². The molecule has 34 heavy (non-hydrogen) atoms. The lowest BCUT2D eigenvalue weighted by atomic mass is 10.1. The molecule has 2 heterocycles. The number of pyridine rings is 1. The van der Waals surface area contributed by atoms with Crippen molar-refractivity contribution in [1.29, 1.82) is 0 Å². The molecule has 174 valence electrons. The SMILES string of the molecule is COc1cccc(CN(Cc2ccccc2)Cc2nc(C(=O)NCCc3ccccn3)co2)c1. The third kappa shape index (κ3) is 6.76. The molecule has 0 fully saturated rings. The number of hydrogen-bond acceptors (Lipinski definition) is 6. The van der Waals surface area contributed by atoms with Crippen molar-refractivity contribution in [2.75, 3.05) is 13.7 Å². The first-order chi connectivity index (χ1) is 16.7. The van der Waals surface area contributed by atoms with Crippen molar-refractivity contribution in [2.45, 2.75) is 26.1 Å². The van der Waals surface area contributed by atoms with E-state index in [0.717, 1.165) is 17.0 Å². The van der Waals surface area contributed by atoms with Gasteiger partial charge in [-0.1, -0.05) is 48.5 Å². The summed E-state index contributed by atoms with van der Waals surface area (Å²) in [5.74, 6) is 1.06. The number of nitrogens with zero attached hydrogens (tertiary/aromatic N) is 3. The van der Waals surface area contributed by atoms with Crippen molar-refractivity contribution in [2.24, 2.45) is 0 Å². The molecular weight excluding hydrogens is 428 g/mol. The number of benzene rings is 2. The zero-order chi connectivity index (χ0) is 23.6. The van der Waals surface area contributed by atoms with Crippen molar-refractivity contribution < 1.29 is 13.9 Å². The van der Waals surface area contributed by atoms with E-state index < -0.39 is 0 Å². The molecule has 4 aromatic rings. The summed E-state index contributed by atoms with van der Waals surface area (Å²) < 4.78 is 11.0. The number of ether oxygens (including phenoxy) is 1. The van der Waals surface area contributed by atoms with Gasteiger partial charge in [0.1, 0.15) is 12.0 Å². The van der Waals surface area contributed by atoms with Crippen LogP contribution < -0.4 is 10.1 Å². The number of carbonyl (C=O) groups excluding carboxylic acids is 1. The van der Waals surface area contributed by atoms with E-state index >= 15 is 0 Å². The van der Waals surface area contributed by atoms with Gasteiger partial charge < -0.3 is 14.5 Å². The number of aromatic nitrogens is 2. The molecule has 0 unspecified atom stereocenters. The quantitative estimate of drug-likeness (QED) is 0.363. The highest BCUT2D eigenvalue weighted by molar-refractivity contribution is 5.91. The normalized spacial score (nSPS) is 10.9. The molecule has 0 aliphatic rings. The Hall–Kier alpha value is -3.97. The van der Waals surface area contributed by atoms with Gasteiger partial charge in [0.05, 0.1) is 13.7 Å². The van der Waals surface area contributed by atoms with Crippen molar-refractivity contribution >= 4 is 5.91 Å². The molecular formula is C27H28N4O3. The maximum absolute atomic E-state index is 12.5. The molecule has 0 atom stereocenters. The molecule has 0 aliphatic heterocycles. The van der Waals surface area contributed by atoms with E-state index in [1.165, 1.54) is 11.8 Å². The maximum atomic E-state index is 12.5. The van der Waals surface area contributed by atoms with Crippen LogP contribution in [0.5, 0.6) is 5.75 Å². The van der Waals surface area contributed by atoms with Crippen LogP contribution in [0.4, 0.5) is 0 Å². The molecule has 0 aliphatic carbocycles. The number of rotatable bonds is 11. The summed E-state index contributed by atoms with van der Waals surface area (Å²) in [4.78, 5) is 23.4. The summed E-state index contributed by atoms with van der Waals surface area (Å²) in [6.07, 6.45) is 3.81. The van der Waals surface area contributed by atoms with Crippen LogP contribution in [-0.4, -0.2) is 34.4 Å². The van der Waals surface area contributed by atoms with Crippen LogP contribution in [0.15, 0.2) is 89.7 Å². The number of nitrogens with one attached hydrogen (secondary N) is 1. The van der Waals surface area contributed by atoms with Crippen LogP contribution in [0.25, 0.3) is 0 Å². The predicted octanol–water partition coefficient (Wildman–Crippen LogP) is 4.25. The summed E-state index contributed by atoms with van der Waals surface area (Å²) >= 11 is 0. The van der Waals surface area contributed by atoms with Crippen LogP contribution in [0.1, 0.15) is 33.2 Å². The molecule has 1 N–H and O–H groups in total. The van der Waals surface area contributed by atoms with Gasteiger partial charge in [-0.2, -0.15) is 0 Å². The summed E-state index contributed by atoms with van der Waals surface area (Å²) in [7, 11) is 1.66. The molecule has 0 saturated heterocycles. The maximum Gasteiger partial charge on any atom is 0.273 e. The largest absolute Gasteiger partial charge is 0.497 e. The first-order valence-electron chi connectivity index (χ1n) is 11.2. The Balaban J connectivity index is 1.39. The fourth-order valence-corrected chi connectivity index (χ4v) is 3.66. The van der Waals surface area contributed by atoms with E-state index in [9.17, 15) is 4.79 Å². The molecule has 1 amide bonds. The van der Waals surface area contributed by atoms with Gasteiger partial charge in [0, 0.05) is 37.9 Å². The minimum atomic E-state index is -0.256. The molecule has 0 saturated carbocycles. The van der Waals surface area contributed by atoms with E-state index in [1.54, 1.807) is 13.3 Å². The lowest BCUT2D eigenvalue weighted by Crippen LogP contribution is -2.26. The molecule has 2 aromatic heterocycles. The van der Waals surface area contributed by atoms with Crippen molar-refractivity contribution in [3.63, 3.8) is 0 Å². The van der Waals surface area contributed by atoms with Gasteiger partial charge in [0.15, 0.2) is 5.69 Å². The second-order valence-electron chi connectivity index (χ2n) is 7.94. The Morgan fingerprint density at radius 3 is 2.56 bits per heavy atom. The first kappa shape index (κ1) is 23.2. The third-order valence-corrected chi connectivity index (χ3v) is 5.33. The van der Waals surface area contributed by atoms with Crippen molar-refractivity contribution in [3.8, 4) is 5.75 Å². The lowest BCUT2D eigenvalue weighted by molar-refractivity contribution is 0.0949. The summed E-state index contributed by atoms with van der Waals surface area (Å²) in [6.45, 7) is 2.34. The van der Waals surface area contributed by atoms with Gasteiger partial charge >= 0.3 is 0 Å². The molecule has 7 heteroatoms. The highest BCUT2D eigenvalue weighted by Gasteiger charge is 2.16. The zero-order valence-electron chi connectivity index (χ0n) is 19.2. The smallest absolute Gasteiger partial charge is 0.273 e. The van der Waals surface area contributed by atoms with Gasteiger partial charge in [-0.15, -0.1) is 0 Å². The number of methoxy groups -OCH3 is 1. The first-order valence-corrected chi connectivity index (χ1v) is 11.2. The van der Waals surface area contributed by atoms with E-state index in [2.05, 4.69) is 38.4 Å². The molecule has 4 rings (SSSR count).